The standard InChI is InChI=1S/C16H15FO.C10H17N.C8H18.C7H16O.C2H4.CH5N/c1-10-4-5-13(8-11(10)2)14-6-7-15(12(3)18)16(17)9-14;1-5-9(4)11-8-10(6-2)7-3;1-4-6-8(3)7-5-2;1-3-5-7(4-2)6-8;2*1-2/h4-9H,1-3H3;6,8H,4-5,7H2,1-3H3;8H,4-7H2,1-3H3;7-8H,3-6H2,1-2H3;1-2H2;2H2,1H3/b;10-6-,11-8?;;;;. The van der Waals surface area contributed by atoms with Crippen LogP contribution in [-0.2, 0) is 0 Å². The molecular formula is C44H75FN2O2. The fourth-order valence-electron chi connectivity index (χ4n) is 4.50. The number of ketones is 1. The van der Waals surface area contributed by atoms with Gasteiger partial charge < -0.3 is 10.8 Å². The number of hydrogen-bond acceptors (Lipinski definition) is 4. The van der Waals surface area contributed by atoms with Gasteiger partial charge in [0.1, 0.15) is 5.82 Å². The molecule has 0 fully saturated rings. The van der Waals surface area contributed by atoms with Gasteiger partial charge in [-0.15, -0.1) is 13.2 Å². The van der Waals surface area contributed by atoms with E-state index in [-0.39, 0.29) is 11.3 Å². The Bertz CT molecular complexity index is 1160. The molecule has 0 saturated heterocycles. The molecule has 2 aromatic rings. The van der Waals surface area contributed by atoms with E-state index in [2.05, 4.69) is 85.0 Å². The molecule has 0 aliphatic heterocycles. The van der Waals surface area contributed by atoms with Crippen LogP contribution in [0.15, 0.2) is 78.5 Å². The van der Waals surface area contributed by atoms with E-state index in [1.165, 1.54) is 75.3 Å². The first kappa shape index (κ1) is 52.7. The predicted octanol–water partition coefficient (Wildman–Crippen LogP) is 13.1. The first-order chi connectivity index (χ1) is 23.4. The number of hydrogen-bond donors (Lipinski definition) is 2. The van der Waals surface area contributed by atoms with Gasteiger partial charge in [-0.25, -0.2) is 4.39 Å². The molecular weight excluding hydrogens is 607 g/mol. The van der Waals surface area contributed by atoms with Crippen molar-refractivity contribution in [3.05, 3.63) is 96.0 Å². The van der Waals surface area contributed by atoms with Gasteiger partial charge in [-0.05, 0) is 106 Å². The van der Waals surface area contributed by atoms with Crippen LogP contribution in [0.1, 0.15) is 142 Å². The van der Waals surface area contributed by atoms with Gasteiger partial charge in [0, 0.05) is 18.5 Å². The van der Waals surface area contributed by atoms with E-state index < -0.39 is 5.82 Å². The van der Waals surface area contributed by atoms with Crippen molar-refractivity contribution in [2.45, 2.75) is 134 Å². The van der Waals surface area contributed by atoms with Gasteiger partial charge in [-0.1, -0.05) is 124 Å². The number of benzene rings is 2. The summed E-state index contributed by atoms with van der Waals surface area (Å²) in [5.74, 6) is 0.808. The lowest BCUT2D eigenvalue weighted by molar-refractivity contribution is 0.101. The zero-order chi connectivity index (χ0) is 38.8. The molecule has 3 N–H and O–H groups in total. The molecule has 2 rings (SSSR count). The predicted molar refractivity (Wildman–Crippen MR) is 219 cm³/mol. The summed E-state index contributed by atoms with van der Waals surface area (Å²) in [5.41, 5.74) is 11.0. The Morgan fingerprint density at radius 1 is 0.878 bits per heavy atom. The fourth-order valence-corrected chi connectivity index (χ4v) is 4.50. The zero-order valence-corrected chi connectivity index (χ0v) is 33.7. The molecule has 5 heteroatoms. The number of Topliss-reactive ketones (excluding diaryl/α,β-unsaturated/α-hetero) is 1. The highest BCUT2D eigenvalue weighted by atomic mass is 19.1. The second-order valence-corrected chi connectivity index (χ2v) is 11.9. The molecule has 0 saturated carbocycles. The summed E-state index contributed by atoms with van der Waals surface area (Å²) >= 11 is 0. The Labute approximate surface area is 302 Å². The van der Waals surface area contributed by atoms with Crippen LogP contribution in [0.4, 0.5) is 4.39 Å². The molecule has 0 aromatic heterocycles. The van der Waals surface area contributed by atoms with Crippen LogP contribution >= 0.6 is 0 Å². The minimum absolute atomic E-state index is 0.141. The van der Waals surface area contributed by atoms with Gasteiger partial charge in [0.15, 0.2) is 5.78 Å². The van der Waals surface area contributed by atoms with Crippen molar-refractivity contribution in [3.8, 4) is 11.1 Å². The van der Waals surface area contributed by atoms with Crippen LogP contribution < -0.4 is 5.73 Å². The number of aliphatic imine (C=N–C) groups is 1. The van der Waals surface area contributed by atoms with Gasteiger partial charge in [-0.3, -0.25) is 9.79 Å². The van der Waals surface area contributed by atoms with E-state index >= 15 is 0 Å². The van der Waals surface area contributed by atoms with Crippen LogP contribution in [0.25, 0.3) is 11.1 Å². The molecule has 0 amide bonds. The first-order valence-electron chi connectivity index (χ1n) is 18.3. The van der Waals surface area contributed by atoms with Crippen LogP contribution in [0.5, 0.6) is 0 Å². The number of nitrogens with two attached hydrogens (primary N) is 1. The Balaban J connectivity index is -0.000000284. The molecule has 0 aliphatic carbocycles. The fraction of sp³-hybridized carbons (Fsp3) is 0.545. The summed E-state index contributed by atoms with van der Waals surface area (Å²) in [4.78, 5) is 15.4. The summed E-state index contributed by atoms with van der Waals surface area (Å²) in [6.07, 6.45) is 14.9. The van der Waals surface area contributed by atoms with Crippen molar-refractivity contribution in [3.63, 3.8) is 0 Å². The number of aliphatic hydroxyl groups is 1. The van der Waals surface area contributed by atoms with Crippen LogP contribution in [-0.4, -0.2) is 30.8 Å². The van der Waals surface area contributed by atoms with Crippen molar-refractivity contribution >= 4 is 12.0 Å². The average molecular weight is 683 g/mol. The van der Waals surface area contributed by atoms with E-state index in [9.17, 15) is 9.18 Å². The maximum absolute atomic E-state index is 13.7. The number of allylic oxidation sites excluding steroid dienone is 3. The molecule has 0 aliphatic rings. The first-order valence-corrected chi connectivity index (χ1v) is 18.3. The molecule has 1 unspecified atom stereocenters. The number of halogens is 1. The molecule has 0 radical (unpaired) electrons. The minimum Gasteiger partial charge on any atom is -0.396 e. The lowest BCUT2D eigenvalue weighted by atomic mass is 9.99. The van der Waals surface area contributed by atoms with Gasteiger partial charge in [0.2, 0.25) is 0 Å². The molecule has 0 spiro atoms. The van der Waals surface area contributed by atoms with Gasteiger partial charge in [0.05, 0.1) is 5.56 Å². The summed E-state index contributed by atoms with van der Waals surface area (Å²) in [7, 11) is 1.50. The SMILES string of the molecule is C=C.C=C(CC)N=C/C(=C\C)CC.CC(=O)c1ccc(-c2ccc(C)c(C)c2)cc1F.CCCC(C)CCC.CCCC(CC)CO.CN. The van der Waals surface area contributed by atoms with Crippen LogP contribution in [0.3, 0.4) is 0 Å². The highest BCUT2D eigenvalue weighted by Gasteiger charge is 2.09. The van der Waals surface area contributed by atoms with Gasteiger partial charge in [-0.2, -0.15) is 0 Å². The number of nitrogens with zero attached hydrogens (tertiary/aromatic N) is 1. The molecule has 0 bridgehead atoms. The quantitative estimate of drug-likeness (QED) is 0.118. The number of aliphatic hydroxyl groups excluding tert-OH is 1. The monoisotopic (exact) mass is 683 g/mol. The Kier molecular flexibility index (Phi) is 38.8. The van der Waals surface area contributed by atoms with E-state index in [1.807, 2.05) is 45.2 Å². The third-order valence-electron chi connectivity index (χ3n) is 7.88. The number of carbonyl (C=O) groups is 1. The van der Waals surface area contributed by atoms with Crippen molar-refractivity contribution in [1.29, 1.82) is 0 Å². The molecule has 4 nitrogen and oxygen atoms in total. The third kappa shape index (κ3) is 27.4. The summed E-state index contributed by atoms with van der Waals surface area (Å²) in [6.45, 7) is 32.9. The normalized spacial score (nSPS) is 10.8. The van der Waals surface area contributed by atoms with Crippen molar-refractivity contribution in [2.24, 2.45) is 22.6 Å². The molecule has 49 heavy (non-hydrogen) atoms. The van der Waals surface area contributed by atoms with Gasteiger partial charge >= 0.3 is 0 Å². The highest BCUT2D eigenvalue weighted by molar-refractivity contribution is 5.94. The maximum Gasteiger partial charge on any atom is 0.162 e. The largest absolute Gasteiger partial charge is 0.396 e. The van der Waals surface area contributed by atoms with Crippen molar-refractivity contribution < 1.29 is 14.3 Å². The summed E-state index contributed by atoms with van der Waals surface area (Å²) < 4.78 is 13.7. The Morgan fingerprint density at radius 3 is 1.73 bits per heavy atom. The number of carbonyl (C=O) groups excluding carboxylic acids is 1. The van der Waals surface area contributed by atoms with E-state index in [0.717, 1.165) is 42.0 Å². The van der Waals surface area contributed by atoms with Crippen LogP contribution in [0, 0.1) is 31.5 Å². The second kappa shape index (κ2) is 36.1. The van der Waals surface area contributed by atoms with Crippen molar-refractivity contribution in [2.75, 3.05) is 13.7 Å². The minimum atomic E-state index is -0.460. The van der Waals surface area contributed by atoms with Crippen LogP contribution in [0.2, 0.25) is 0 Å². The highest BCUT2D eigenvalue weighted by Crippen LogP contribution is 2.24. The third-order valence-corrected chi connectivity index (χ3v) is 7.88. The van der Waals surface area contributed by atoms with E-state index in [1.54, 1.807) is 12.1 Å². The lowest BCUT2D eigenvalue weighted by Gasteiger charge is -2.07. The summed E-state index contributed by atoms with van der Waals surface area (Å²) in [6, 6.07) is 10.7. The number of rotatable bonds is 14. The van der Waals surface area contributed by atoms with Crippen molar-refractivity contribution in [1.82, 2.24) is 0 Å². The Morgan fingerprint density at radius 2 is 1.39 bits per heavy atom. The second-order valence-electron chi connectivity index (χ2n) is 11.9. The van der Waals surface area contributed by atoms with Gasteiger partial charge in [0.25, 0.3) is 0 Å². The topological polar surface area (TPSA) is 75.7 Å². The molecule has 1 atom stereocenters. The average Bonchev–Trinajstić information content (AvgIpc) is 3.11. The maximum atomic E-state index is 13.7. The smallest absolute Gasteiger partial charge is 0.162 e. The summed E-state index contributed by atoms with van der Waals surface area (Å²) in [5, 5.41) is 8.66. The number of aryl methyl sites for hydroxylation is 2. The molecule has 2 aromatic carbocycles. The Hall–Kier alpha value is -3.15. The van der Waals surface area contributed by atoms with E-state index in [4.69, 9.17) is 5.11 Å². The molecule has 280 valence electrons. The lowest BCUT2D eigenvalue weighted by Crippen LogP contribution is -2.02. The zero-order valence-electron chi connectivity index (χ0n) is 33.7. The van der Waals surface area contributed by atoms with E-state index in [0.29, 0.717) is 12.5 Å². The molecule has 0 heterocycles.